The summed E-state index contributed by atoms with van der Waals surface area (Å²) in [4.78, 5) is 2.42. The molecule has 2 aromatic rings. The number of hydrogen-bond donors (Lipinski definition) is 0. The predicted octanol–water partition coefficient (Wildman–Crippen LogP) is 5.94. The van der Waals surface area contributed by atoms with Crippen LogP contribution in [0.4, 0.5) is 11.4 Å². The largest absolute Gasteiger partial charge is 0.341 e. The molecule has 2 aromatic carbocycles. The van der Waals surface area contributed by atoms with Crippen molar-refractivity contribution < 1.29 is 8.42 Å². The van der Waals surface area contributed by atoms with Gasteiger partial charge in [-0.3, -0.25) is 0 Å². The first-order valence-corrected chi connectivity index (χ1v) is 13.3. The first-order valence-electron chi connectivity index (χ1n) is 11.6. The van der Waals surface area contributed by atoms with Gasteiger partial charge < -0.3 is 4.90 Å². The lowest BCUT2D eigenvalue weighted by atomic mass is 9.80. The number of rotatable bonds is 7. The van der Waals surface area contributed by atoms with E-state index in [0.717, 1.165) is 38.1 Å². The number of sulfone groups is 1. The van der Waals surface area contributed by atoms with Crippen LogP contribution in [-0.4, -0.2) is 26.0 Å². The normalized spacial score (nSPS) is 21.8. The van der Waals surface area contributed by atoms with E-state index in [1.54, 1.807) is 13.8 Å². The molecular weight excluding hydrogens is 390 g/mol. The van der Waals surface area contributed by atoms with Gasteiger partial charge in [-0.15, -0.1) is 0 Å². The van der Waals surface area contributed by atoms with Gasteiger partial charge in [-0.05, 0) is 87.1 Å². The fourth-order valence-corrected chi connectivity index (χ4v) is 6.40. The Morgan fingerprint density at radius 1 is 0.933 bits per heavy atom. The van der Waals surface area contributed by atoms with E-state index in [9.17, 15) is 8.42 Å². The Balaban J connectivity index is 1.26. The fourth-order valence-electron chi connectivity index (χ4n) is 5.03. The third-order valence-electron chi connectivity index (χ3n) is 7.13. The van der Waals surface area contributed by atoms with Crippen molar-refractivity contribution in [2.24, 2.45) is 11.8 Å². The van der Waals surface area contributed by atoms with Gasteiger partial charge in [0.15, 0.2) is 9.84 Å². The van der Waals surface area contributed by atoms with Crippen molar-refractivity contribution in [1.82, 2.24) is 0 Å². The molecule has 1 aliphatic carbocycles. The molecule has 30 heavy (non-hydrogen) atoms. The summed E-state index contributed by atoms with van der Waals surface area (Å²) in [5.41, 5.74) is 5.49. The Morgan fingerprint density at radius 2 is 1.60 bits per heavy atom. The van der Waals surface area contributed by atoms with Crippen LogP contribution in [0.1, 0.15) is 57.1 Å². The first kappa shape index (κ1) is 21.4. The summed E-state index contributed by atoms with van der Waals surface area (Å²) in [6.45, 7) is 4.66. The van der Waals surface area contributed by atoms with Crippen molar-refractivity contribution in [2.45, 2.75) is 64.0 Å². The molecule has 0 bridgehead atoms. The molecule has 4 rings (SSSR count). The molecule has 0 spiro atoms. The van der Waals surface area contributed by atoms with Crippen LogP contribution >= 0.6 is 0 Å². The molecule has 0 amide bonds. The second-order valence-electron chi connectivity index (χ2n) is 9.50. The van der Waals surface area contributed by atoms with Gasteiger partial charge >= 0.3 is 0 Å². The molecular formula is C26H35NO2S. The maximum Gasteiger partial charge on any atom is 0.152 e. The summed E-state index contributed by atoms with van der Waals surface area (Å²) >= 11 is 0. The maximum atomic E-state index is 12.2. The summed E-state index contributed by atoms with van der Waals surface area (Å²) in [5.74, 6) is 1.50. The molecule has 1 aliphatic heterocycles. The number of para-hydroxylation sites is 1. The summed E-state index contributed by atoms with van der Waals surface area (Å²) in [5, 5.41) is -0.243. The van der Waals surface area contributed by atoms with E-state index in [2.05, 4.69) is 53.4 Å². The molecule has 1 heterocycles. The van der Waals surface area contributed by atoms with E-state index in [1.165, 1.54) is 41.8 Å². The zero-order chi connectivity index (χ0) is 21.1. The Labute approximate surface area is 182 Å². The molecule has 0 aromatic heterocycles. The Morgan fingerprint density at radius 3 is 2.30 bits per heavy atom. The number of nitrogens with zero attached hydrogens (tertiary/aromatic N) is 1. The fraction of sp³-hybridized carbons (Fsp3) is 0.538. The van der Waals surface area contributed by atoms with Gasteiger partial charge in [0.05, 0.1) is 11.0 Å². The van der Waals surface area contributed by atoms with Crippen LogP contribution in [0.25, 0.3) is 0 Å². The molecule has 1 fully saturated rings. The zero-order valence-electron chi connectivity index (χ0n) is 18.4. The van der Waals surface area contributed by atoms with Crippen molar-refractivity contribution in [3.8, 4) is 0 Å². The highest BCUT2D eigenvalue weighted by Gasteiger charge is 2.27. The van der Waals surface area contributed by atoms with E-state index < -0.39 is 9.84 Å². The van der Waals surface area contributed by atoms with E-state index in [1.807, 2.05) is 0 Å². The highest BCUT2D eigenvalue weighted by molar-refractivity contribution is 7.91. The molecule has 4 heteroatoms. The molecule has 2 aliphatic rings. The second kappa shape index (κ2) is 9.13. The zero-order valence-corrected chi connectivity index (χ0v) is 19.2. The monoisotopic (exact) mass is 425 g/mol. The number of benzene rings is 2. The van der Waals surface area contributed by atoms with Crippen molar-refractivity contribution in [1.29, 1.82) is 0 Å². The average Bonchev–Trinajstić information content (AvgIpc) is 3.17. The first-order chi connectivity index (χ1) is 14.4. The number of fused-ring (bicyclic) bond motifs is 1. The topological polar surface area (TPSA) is 37.4 Å². The van der Waals surface area contributed by atoms with Crippen LogP contribution in [-0.2, 0) is 22.7 Å². The average molecular weight is 426 g/mol. The predicted molar refractivity (Wildman–Crippen MR) is 126 cm³/mol. The lowest BCUT2D eigenvalue weighted by Crippen LogP contribution is -2.26. The molecule has 0 saturated heterocycles. The third-order valence-corrected chi connectivity index (χ3v) is 9.50. The van der Waals surface area contributed by atoms with Crippen LogP contribution in [0.5, 0.6) is 0 Å². The van der Waals surface area contributed by atoms with Crippen LogP contribution < -0.4 is 4.90 Å². The number of aryl methyl sites for hydroxylation is 1. The Kier molecular flexibility index (Phi) is 6.52. The second-order valence-corrected chi connectivity index (χ2v) is 12.1. The van der Waals surface area contributed by atoms with Gasteiger partial charge in [-0.25, -0.2) is 8.42 Å². The minimum Gasteiger partial charge on any atom is -0.341 e. The Hall–Kier alpha value is -1.81. The van der Waals surface area contributed by atoms with E-state index in [0.29, 0.717) is 11.7 Å². The minimum atomic E-state index is -2.90. The van der Waals surface area contributed by atoms with Crippen LogP contribution in [0.2, 0.25) is 0 Å². The van der Waals surface area contributed by atoms with Crippen molar-refractivity contribution in [3.05, 3.63) is 59.7 Å². The van der Waals surface area contributed by atoms with Gasteiger partial charge in [0.1, 0.15) is 0 Å². The van der Waals surface area contributed by atoms with Crippen molar-refractivity contribution in [2.75, 3.05) is 17.2 Å². The van der Waals surface area contributed by atoms with E-state index >= 15 is 0 Å². The molecule has 0 unspecified atom stereocenters. The quantitative estimate of drug-likeness (QED) is 0.551. The molecule has 1 saturated carbocycles. The van der Waals surface area contributed by atoms with Crippen LogP contribution in [0.15, 0.2) is 48.5 Å². The standard InChI is InChI=1S/C26H35NO2S/c1-20(2)30(28,29)19-23-11-9-21(10-12-23)7-8-22-13-15-25(16-14-22)27-18-17-24-5-3-4-6-26(24)27/h3-6,13-16,20-21,23H,7-12,17-19H2,1-2H3. The van der Waals surface area contributed by atoms with Crippen LogP contribution in [0, 0.1) is 11.8 Å². The molecule has 0 N–H and O–H groups in total. The van der Waals surface area contributed by atoms with Gasteiger partial charge in [-0.2, -0.15) is 0 Å². The Bertz CT molecular complexity index is 941. The van der Waals surface area contributed by atoms with Gasteiger partial charge in [0.25, 0.3) is 0 Å². The summed E-state index contributed by atoms with van der Waals surface area (Å²) < 4.78 is 24.4. The van der Waals surface area contributed by atoms with Crippen LogP contribution in [0.3, 0.4) is 0 Å². The summed E-state index contributed by atoms with van der Waals surface area (Å²) in [7, 11) is -2.90. The highest BCUT2D eigenvalue weighted by Crippen LogP contribution is 2.35. The van der Waals surface area contributed by atoms with E-state index in [-0.39, 0.29) is 5.25 Å². The molecule has 162 valence electrons. The van der Waals surface area contributed by atoms with Gasteiger partial charge in [0.2, 0.25) is 0 Å². The van der Waals surface area contributed by atoms with Crippen molar-refractivity contribution >= 4 is 21.2 Å². The third kappa shape index (κ3) is 4.91. The SMILES string of the molecule is CC(C)S(=O)(=O)CC1CCC(CCc2ccc(N3CCc4ccccc43)cc2)CC1. The van der Waals surface area contributed by atoms with Gasteiger partial charge in [0, 0.05) is 17.9 Å². The molecule has 0 atom stereocenters. The number of hydrogen-bond acceptors (Lipinski definition) is 3. The minimum absolute atomic E-state index is 0.243. The smallest absolute Gasteiger partial charge is 0.152 e. The summed E-state index contributed by atoms with van der Waals surface area (Å²) in [6, 6.07) is 17.8. The maximum absolute atomic E-state index is 12.2. The number of anilines is 2. The highest BCUT2D eigenvalue weighted by atomic mass is 32.2. The molecule has 3 nitrogen and oxygen atoms in total. The summed E-state index contributed by atoms with van der Waals surface area (Å²) in [6.07, 6.45) is 7.97. The van der Waals surface area contributed by atoms with Crippen molar-refractivity contribution in [3.63, 3.8) is 0 Å². The lowest BCUT2D eigenvalue weighted by Gasteiger charge is -2.29. The lowest BCUT2D eigenvalue weighted by molar-refractivity contribution is 0.278. The molecule has 0 radical (unpaired) electrons. The van der Waals surface area contributed by atoms with Gasteiger partial charge in [-0.1, -0.05) is 43.2 Å². The van der Waals surface area contributed by atoms with E-state index in [4.69, 9.17) is 0 Å².